The molecule has 158 valence electrons. The first-order valence-corrected chi connectivity index (χ1v) is 9.69. The average Bonchev–Trinajstić information content (AvgIpc) is 3.14. The summed E-state index contributed by atoms with van der Waals surface area (Å²) in [6.45, 7) is 2.91. The smallest absolute Gasteiger partial charge is 0.412 e. The minimum absolute atomic E-state index is 0.00525. The minimum Gasteiger partial charge on any atom is -0.491 e. The first-order chi connectivity index (χ1) is 13.7. The van der Waals surface area contributed by atoms with Crippen LogP contribution in [0.2, 0.25) is 0 Å². The van der Waals surface area contributed by atoms with Crippen LogP contribution in [0.25, 0.3) is 0 Å². The zero-order valence-corrected chi connectivity index (χ0v) is 16.2. The van der Waals surface area contributed by atoms with Crippen LogP contribution >= 0.6 is 0 Å². The molecule has 1 heterocycles. The van der Waals surface area contributed by atoms with Crippen molar-refractivity contribution in [3.8, 4) is 5.75 Å². The molecular formula is C21H24F4N2O2. The molecule has 0 radical (unpaired) electrons. The molecule has 1 unspecified atom stereocenters. The third-order valence-electron chi connectivity index (χ3n) is 5.47. The van der Waals surface area contributed by atoms with Crippen molar-refractivity contribution in [1.29, 1.82) is 0 Å². The second kappa shape index (κ2) is 8.47. The Hall–Kier alpha value is -2.51. The number of primary amides is 1. The third-order valence-corrected chi connectivity index (χ3v) is 5.47. The van der Waals surface area contributed by atoms with E-state index in [-0.39, 0.29) is 24.6 Å². The zero-order valence-electron chi connectivity index (χ0n) is 16.2. The normalized spacial score (nSPS) is 19.8. The lowest BCUT2D eigenvalue weighted by molar-refractivity contribution is -0.0942. The van der Waals surface area contributed by atoms with E-state index in [2.05, 4.69) is 4.90 Å². The van der Waals surface area contributed by atoms with Crippen LogP contribution in [-0.2, 0) is 6.42 Å². The molecule has 0 saturated carbocycles. The summed E-state index contributed by atoms with van der Waals surface area (Å²) in [6, 6.07) is 2.59. The molecule has 0 aromatic heterocycles. The Morgan fingerprint density at radius 2 is 2.03 bits per heavy atom. The van der Waals surface area contributed by atoms with Crippen LogP contribution < -0.4 is 10.5 Å². The van der Waals surface area contributed by atoms with Gasteiger partial charge in [-0.1, -0.05) is 13.0 Å². The summed E-state index contributed by atoms with van der Waals surface area (Å²) >= 11 is 0. The van der Waals surface area contributed by atoms with E-state index in [4.69, 9.17) is 10.5 Å². The highest BCUT2D eigenvalue weighted by Gasteiger charge is 2.35. The number of carbonyl (C=O) groups is 1. The van der Waals surface area contributed by atoms with E-state index in [1.165, 1.54) is 12.1 Å². The molecular weight excluding hydrogens is 388 g/mol. The van der Waals surface area contributed by atoms with Gasteiger partial charge in [-0.05, 0) is 49.8 Å². The molecule has 2 aliphatic rings. The van der Waals surface area contributed by atoms with Gasteiger partial charge >= 0.3 is 6.18 Å². The zero-order chi connectivity index (χ0) is 21.2. The van der Waals surface area contributed by atoms with Crippen molar-refractivity contribution in [3.05, 3.63) is 52.5 Å². The number of amides is 1. The van der Waals surface area contributed by atoms with E-state index in [1.54, 1.807) is 6.08 Å². The fraction of sp³-hybridized carbons (Fsp3) is 0.476. The number of likely N-dealkylation sites (tertiary alicyclic amines) is 1. The van der Waals surface area contributed by atoms with Gasteiger partial charge in [0.15, 0.2) is 0 Å². The predicted octanol–water partition coefficient (Wildman–Crippen LogP) is 4.50. The molecule has 1 aliphatic heterocycles. The fourth-order valence-electron chi connectivity index (χ4n) is 3.87. The topological polar surface area (TPSA) is 55.6 Å². The van der Waals surface area contributed by atoms with Gasteiger partial charge in [0.25, 0.3) is 5.91 Å². The lowest BCUT2D eigenvalue weighted by atomic mass is 10.0. The summed E-state index contributed by atoms with van der Waals surface area (Å²) in [5.74, 6) is -1.20. The number of allylic oxidation sites excluding steroid dienone is 4. The molecule has 1 aliphatic carbocycles. The molecule has 8 heteroatoms. The number of ether oxygens (including phenoxy) is 1. The summed E-state index contributed by atoms with van der Waals surface area (Å²) in [4.78, 5) is 13.4. The molecule has 1 aromatic carbocycles. The molecule has 1 fully saturated rings. The highest BCUT2D eigenvalue weighted by atomic mass is 19.4. The summed E-state index contributed by atoms with van der Waals surface area (Å²) in [7, 11) is 0. The van der Waals surface area contributed by atoms with Crippen molar-refractivity contribution in [2.24, 2.45) is 5.73 Å². The number of benzene rings is 1. The van der Waals surface area contributed by atoms with Crippen LogP contribution in [0.5, 0.6) is 5.75 Å². The maximum absolute atomic E-state index is 14.1. The van der Waals surface area contributed by atoms with Crippen LogP contribution in [0.15, 0.2) is 35.6 Å². The van der Waals surface area contributed by atoms with E-state index in [9.17, 15) is 22.4 Å². The third kappa shape index (κ3) is 4.74. The SMILES string of the molecule is CCc1cc(C(N)=O)c(F)cc1OCC1CCCN1C1=CC=C(C(F)(F)F)CC1. The van der Waals surface area contributed by atoms with E-state index in [1.807, 2.05) is 6.92 Å². The Bertz CT molecular complexity index is 846. The lowest BCUT2D eigenvalue weighted by Gasteiger charge is -2.31. The number of alkyl halides is 3. The highest BCUT2D eigenvalue weighted by molar-refractivity contribution is 5.93. The number of rotatable bonds is 6. The molecule has 1 saturated heterocycles. The van der Waals surface area contributed by atoms with Crippen LogP contribution in [0.4, 0.5) is 17.6 Å². The number of nitrogens with zero attached hydrogens (tertiary/aromatic N) is 1. The highest BCUT2D eigenvalue weighted by Crippen LogP contribution is 2.36. The molecule has 2 N–H and O–H groups in total. The number of hydrogen-bond acceptors (Lipinski definition) is 3. The Labute approximate surface area is 167 Å². The summed E-state index contributed by atoms with van der Waals surface area (Å²) < 4.78 is 58.5. The molecule has 3 rings (SSSR count). The average molecular weight is 412 g/mol. The van der Waals surface area contributed by atoms with Crippen molar-refractivity contribution in [1.82, 2.24) is 4.90 Å². The Morgan fingerprint density at radius 3 is 2.62 bits per heavy atom. The van der Waals surface area contributed by atoms with Gasteiger partial charge in [0.1, 0.15) is 18.2 Å². The van der Waals surface area contributed by atoms with Gasteiger partial charge in [-0.15, -0.1) is 0 Å². The van der Waals surface area contributed by atoms with Gasteiger partial charge in [-0.2, -0.15) is 13.2 Å². The number of nitrogens with two attached hydrogens (primary N) is 1. The first kappa shape index (κ1) is 21.2. The van der Waals surface area contributed by atoms with Gasteiger partial charge < -0.3 is 15.4 Å². The molecule has 29 heavy (non-hydrogen) atoms. The number of carbonyl (C=O) groups excluding carboxylic acids is 1. The predicted molar refractivity (Wildman–Crippen MR) is 101 cm³/mol. The van der Waals surface area contributed by atoms with Crippen molar-refractivity contribution in [2.45, 2.75) is 51.2 Å². The maximum atomic E-state index is 14.1. The van der Waals surface area contributed by atoms with E-state index < -0.39 is 23.5 Å². The fourth-order valence-corrected chi connectivity index (χ4v) is 3.87. The summed E-state index contributed by atoms with van der Waals surface area (Å²) in [6.07, 6.45) is 1.02. The second-order valence-electron chi connectivity index (χ2n) is 7.31. The second-order valence-corrected chi connectivity index (χ2v) is 7.31. The summed E-state index contributed by atoms with van der Waals surface area (Å²) in [5.41, 5.74) is 6.06. The number of halogens is 4. The molecule has 4 nitrogen and oxygen atoms in total. The molecule has 0 bridgehead atoms. The quantitative estimate of drug-likeness (QED) is 0.700. The van der Waals surface area contributed by atoms with Gasteiger partial charge in [-0.3, -0.25) is 4.79 Å². The largest absolute Gasteiger partial charge is 0.491 e. The monoisotopic (exact) mass is 412 g/mol. The standard InChI is InChI=1S/C21H24F4N2O2/c1-2-13-10-17(20(26)28)18(22)11-19(13)29-12-16-4-3-9-27(16)15-7-5-14(6-8-15)21(23,24)25/h5,7,10-11,16H,2-4,6,8-9,12H2,1H3,(H2,26,28). The van der Waals surface area contributed by atoms with Gasteiger partial charge in [0.2, 0.25) is 0 Å². The van der Waals surface area contributed by atoms with Gasteiger partial charge in [0.05, 0.1) is 11.6 Å². The van der Waals surface area contributed by atoms with Crippen LogP contribution in [0.3, 0.4) is 0 Å². The molecule has 1 amide bonds. The van der Waals surface area contributed by atoms with Crippen LogP contribution in [-0.4, -0.2) is 36.2 Å². The first-order valence-electron chi connectivity index (χ1n) is 9.69. The van der Waals surface area contributed by atoms with Crippen molar-refractivity contribution < 1.29 is 27.1 Å². The molecule has 1 aromatic rings. The van der Waals surface area contributed by atoms with Crippen LogP contribution in [0.1, 0.15) is 48.5 Å². The minimum atomic E-state index is -4.28. The lowest BCUT2D eigenvalue weighted by Crippen LogP contribution is -2.34. The van der Waals surface area contributed by atoms with Crippen molar-refractivity contribution in [3.63, 3.8) is 0 Å². The van der Waals surface area contributed by atoms with Crippen LogP contribution in [0, 0.1) is 5.82 Å². The van der Waals surface area contributed by atoms with E-state index >= 15 is 0 Å². The van der Waals surface area contributed by atoms with Gasteiger partial charge in [0, 0.05) is 23.9 Å². The Morgan fingerprint density at radius 1 is 1.28 bits per heavy atom. The maximum Gasteiger partial charge on any atom is 0.412 e. The number of hydrogen-bond donors (Lipinski definition) is 1. The molecule has 1 atom stereocenters. The van der Waals surface area contributed by atoms with Gasteiger partial charge in [-0.25, -0.2) is 4.39 Å². The van der Waals surface area contributed by atoms with Crippen molar-refractivity contribution in [2.75, 3.05) is 13.2 Å². The Kier molecular flexibility index (Phi) is 6.19. The van der Waals surface area contributed by atoms with Crippen molar-refractivity contribution >= 4 is 5.91 Å². The number of aryl methyl sites for hydroxylation is 1. The summed E-state index contributed by atoms with van der Waals surface area (Å²) in [5, 5.41) is 0. The van der Waals surface area contributed by atoms with E-state index in [0.29, 0.717) is 24.2 Å². The van der Waals surface area contributed by atoms with E-state index in [0.717, 1.165) is 31.2 Å². The molecule has 0 spiro atoms. The Balaban J connectivity index is 1.71.